The second kappa shape index (κ2) is 4.06. The Bertz CT molecular complexity index is 546. The summed E-state index contributed by atoms with van der Waals surface area (Å²) < 4.78 is 5.35. The highest BCUT2D eigenvalue weighted by Crippen LogP contribution is 2.20. The highest BCUT2D eigenvalue weighted by Gasteiger charge is 2.01. The van der Waals surface area contributed by atoms with Crippen LogP contribution >= 0.6 is 0 Å². The van der Waals surface area contributed by atoms with E-state index in [0.29, 0.717) is 11.6 Å². The van der Waals surface area contributed by atoms with E-state index in [1.54, 1.807) is 19.1 Å². The Labute approximate surface area is 91.4 Å². The first-order valence-corrected chi connectivity index (χ1v) is 4.68. The minimum absolute atomic E-state index is 0.155. The van der Waals surface area contributed by atoms with Gasteiger partial charge in [0.2, 0.25) is 5.88 Å². The Hall–Kier alpha value is -2.30. The molecular weight excluding hydrogens is 208 g/mol. The van der Waals surface area contributed by atoms with E-state index in [1.165, 1.54) is 18.2 Å². The molecule has 0 fully saturated rings. The van der Waals surface area contributed by atoms with Gasteiger partial charge in [-0.15, -0.1) is 0 Å². The molecule has 1 aromatic carbocycles. The van der Waals surface area contributed by atoms with Crippen molar-refractivity contribution in [3.63, 3.8) is 0 Å². The molecular formula is C11H10N2O3. The van der Waals surface area contributed by atoms with E-state index in [0.717, 1.165) is 0 Å². The van der Waals surface area contributed by atoms with Gasteiger partial charge < -0.3 is 14.8 Å². The van der Waals surface area contributed by atoms with E-state index in [1.807, 2.05) is 0 Å². The predicted octanol–water partition coefficient (Wildman–Crippen LogP) is 1.58. The highest BCUT2D eigenvalue weighted by molar-refractivity contribution is 5.32. The molecule has 0 amide bonds. The number of ether oxygens (including phenoxy) is 1. The quantitative estimate of drug-likeness (QED) is 0.802. The number of hydrogen-bond acceptors (Lipinski definition) is 4. The summed E-state index contributed by atoms with van der Waals surface area (Å²) in [6.45, 7) is 1.67. The lowest BCUT2D eigenvalue weighted by atomic mass is 10.3. The number of phenolic OH excluding ortho intramolecular Hbond substituents is 1. The molecule has 0 spiro atoms. The van der Waals surface area contributed by atoms with Crippen LogP contribution in [0.3, 0.4) is 0 Å². The first-order valence-electron chi connectivity index (χ1n) is 4.68. The van der Waals surface area contributed by atoms with Crippen LogP contribution in [0.1, 0.15) is 5.82 Å². The molecule has 0 atom stereocenters. The minimum atomic E-state index is -0.263. The molecule has 0 saturated heterocycles. The Balaban J connectivity index is 2.26. The SMILES string of the molecule is Cc1nc(Oc2ccc(O)cc2)cc(=O)[nH]1. The maximum Gasteiger partial charge on any atom is 0.254 e. The molecule has 2 N–H and O–H groups in total. The summed E-state index contributed by atoms with van der Waals surface area (Å²) in [4.78, 5) is 17.7. The smallest absolute Gasteiger partial charge is 0.254 e. The minimum Gasteiger partial charge on any atom is -0.508 e. The summed E-state index contributed by atoms with van der Waals surface area (Å²) in [5.74, 6) is 1.38. The summed E-state index contributed by atoms with van der Waals surface area (Å²) >= 11 is 0. The summed E-state index contributed by atoms with van der Waals surface area (Å²) in [5.41, 5.74) is -0.263. The van der Waals surface area contributed by atoms with Gasteiger partial charge in [0.1, 0.15) is 17.3 Å². The standard InChI is InChI=1S/C11H10N2O3/c1-7-12-10(15)6-11(13-7)16-9-4-2-8(14)3-5-9/h2-6,14H,1H3,(H,12,13,15). The molecule has 0 aliphatic rings. The molecule has 0 aliphatic carbocycles. The topological polar surface area (TPSA) is 75.2 Å². The van der Waals surface area contributed by atoms with Gasteiger partial charge in [0.25, 0.3) is 5.56 Å². The number of hydrogen-bond donors (Lipinski definition) is 2. The van der Waals surface area contributed by atoms with E-state index in [4.69, 9.17) is 9.84 Å². The molecule has 1 aromatic heterocycles. The van der Waals surface area contributed by atoms with Crippen molar-refractivity contribution in [1.29, 1.82) is 0 Å². The normalized spacial score (nSPS) is 10.1. The Morgan fingerprint density at radius 3 is 2.62 bits per heavy atom. The van der Waals surface area contributed by atoms with Crippen LogP contribution in [0.4, 0.5) is 0 Å². The highest BCUT2D eigenvalue weighted by atomic mass is 16.5. The second-order valence-electron chi connectivity index (χ2n) is 3.27. The molecule has 0 saturated carbocycles. The van der Waals surface area contributed by atoms with Crippen molar-refractivity contribution >= 4 is 0 Å². The average Bonchev–Trinajstić information content (AvgIpc) is 2.20. The van der Waals surface area contributed by atoms with Gasteiger partial charge in [-0.1, -0.05) is 0 Å². The van der Waals surface area contributed by atoms with Crippen LogP contribution in [-0.4, -0.2) is 15.1 Å². The lowest BCUT2D eigenvalue weighted by Gasteiger charge is -2.04. The first kappa shape index (κ1) is 10.2. The number of nitrogens with one attached hydrogen (secondary N) is 1. The lowest BCUT2D eigenvalue weighted by molar-refractivity contribution is 0.451. The Morgan fingerprint density at radius 2 is 2.00 bits per heavy atom. The van der Waals surface area contributed by atoms with Gasteiger partial charge in [0.15, 0.2) is 0 Å². The summed E-state index contributed by atoms with van der Waals surface area (Å²) in [6.07, 6.45) is 0. The molecule has 0 bridgehead atoms. The van der Waals surface area contributed by atoms with Crippen LogP contribution in [0.15, 0.2) is 35.1 Å². The first-order chi connectivity index (χ1) is 7.63. The number of benzene rings is 1. The number of aryl methyl sites for hydroxylation is 1. The predicted molar refractivity (Wildman–Crippen MR) is 57.8 cm³/mol. The maximum atomic E-state index is 11.1. The molecule has 0 radical (unpaired) electrons. The number of phenols is 1. The van der Waals surface area contributed by atoms with Crippen molar-refractivity contribution in [3.8, 4) is 17.4 Å². The zero-order valence-corrected chi connectivity index (χ0v) is 8.60. The van der Waals surface area contributed by atoms with Crippen LogP contribution in [0.2, 0.25) is 0 Å². The van der Waals surface area contributed by atoms with Crippen molar-refractivity contribution in [2.24, 2.45) is 0 Å². The molecule has 2 aromatic rings. The largest absolute Gasteiger partial charge is 0.508 e. The molecule has 0 aliphatic heterocycles. The molecule has 16 heavy (non-hydrogen) atoms. The van der Waals surface area contributed by atoms with Crippen molar-refractivity contribution in [2.45, 2.75) is 6.92 Å². The van der Waals surface area contributed by atoms with Crippen LogP contribution < -0.4 is 10.3 Å². The van der Waals surface area contributed by atoms with E-state index in [-0.39, 0.29) is 17.2 Å². The lowest BCUT2D eigenvalue weighted by Crippen LogP contribution is -2.08. The number of H-pyrrole nitrogens is 1. The zero-order valence-electron chi connectivity index (χ0n) is 8.60. The van der Waals surface area contributed by atoms with Crippen LogP contribution in [-0.2, 0) is 0 Å². The van der Waals surface area contributed by atoms with E-state index < -0.39 is 0 Å². The van der Waals surface area contributed by atoms with Gasteiger partial charge in [0.05, 0.1) is 6.07 Å². The fourth-order valence-electron chi connectivity index (χ4n) is 1.24. The monoisotopic (exact) mass is 218 g/mol. The van der Waals surface area contributed by atoms with E-state index in [2.05, 4.69) is 9.97 Å². The number of aromatic hydroxyl groups is 1. The van der Waals surface area contributed by atoms with Crippen molar-refractivity contribution in [2.75, 3.05) is 0 Å². The van der Waals surface area contributed by atoms with Gasteiger partial charge in [0, 0.05) is 0 Å². The third-order valence-corrected chi connectivity index (χ3v) is 1.90. The van der Waals surface area contributed by atoms with Crippen molar-refractivity contribution in [1.82, 2.24) is 9.97 Å². The second-order valence-corrected chi connectivity index (χ2v) is 3.27. The van der Waals surface area contributed by atoms with E-state index in [9.17, 15) is 4.79 Å². The molecule has 2 rings (SSSR count). The summed E-state index contributed by atoms with van der Waals surface area (Å²) in [6, 6.07) is 7.44. The van der Waals surface area contributed by atoms with Gasteiger partial charge in [-0.2, -0.15) is 0 Å². The summed E-state index contributed by atoms with van der Waals surface area (Å²) in [7, 11) is 0. The maximum absolute atomic E-state index is 11.1. The molecule has 5 nitrogen and oxygen atoms in total. The zero-order chi connectivity index (χ0) is 11.5. The van der Waals surface area contributed by atoms with E-state index >= 15 is 0 Å². The number of rotatable bonds is 2. The third-order valence-electron chi connectivity index (χ3n) is 1.90. The van der Waals surface area contributed by atoms with Gasteiger partial charge >= 0.3 is 0 Å². The molecule has 5 heteroatoms. The number of aromatic amines is 1. The number of nitrogens with zero attached hydrogens (tertiary/aromatic N) is 1. The molecule has 0 unspecified atom stereocenters. The fourth-order valence-corrected chi connectivity index (χ4v) is 1.24. The van der Waals surface area contributed by atoms with Crippen LogP contribution in [0, 0.1) is 6.92 Å². The van der Waals surface area contributed by atoms with Crippen LogP contribution in [0.5, 0.6) is 17.4 Å². The van der Waals surface area contributed by atoms with Crippen molar-refractivity contribution < 1.29 is 9.84 Å². The Kier molecular flexibility index (Phi) is 2.59. The van der Waals surface area contributed by atoms with Gasteiger partial charge in [-0.05, 0) is 31.2 Å². The van der Waals surface area contributed by atoms with Crippen LogP contribution in [0.25, 0.3) is 0 Å². The fraction of sp³-hybridized carbons (Fsp3) is 0.0909. The van der Waals surface area contributed by atoms with Crippen molar-refractivity contribution in [3.05, 3.63) is 46.5 Å². The average molecular weight is 218 g/mol. The third kappa shape index (κ3) is 2.38. The Morgan fingerprint density at radius 1 is 1.31 bits per heavy atom. The van der Waals surface area contributed by atoms with Gasteiger partial charge in [-0.25, -0.2) is 4.98 Å². The van der Waals surface area contributed by atoms with Gasteiger partial charge in [-0.3, -0.25) is 4.79 Å². The molecule has 1 heterocycles. The number of aromatic nitrogens is 2. The summed E-state index contributed by atoms with van der Waals surface area (Å²) in [5, 5.41) is 9.08. The molecule has 82 valence electrons.